The fourth-order valence-corrected chi connectivity index (χ4v) is 0.628. The molecule has 0 aliphatic heterocycles. The maximum Gasteiger partial charge on any atom is 1.00 e. The molecule has 0 unspecified atom stereocenters. The quantitative estimate of drug-likeness (QED) is 0.259. The molecule has 0 aliphatic carbocycles. The molecule has 70 valence electrons. The first-order valence-electron chi connectivity index (χ1n) is 3.78. The second-order valence-corrected chi connectivity index (χ2v) is 2.03. The molecule has 0 fully saturated rings. The number of esters is 1. The maximum atomic E-state index is 10.7. The van der Waals surface area contributed by atoms with Crippen molar-refractivity contribution in [2.24, 2.45) is 0 Å². The molecule has 0 radical (unpaired) electrons. The number of aliphatic hydroxyl groups excluding tert-OH is 1. The van der Waals surface area contributed by atoms with Crippen LogP contribution in [0.25, 0.3) is 0 Å². The Bertz CT molecular complexity index is 122. The fourth-order valence-electron chi connectivity index (χ4n) is 0.628. The van der Waals surface area contributed by atoms with Crippen molar-refractivity contribution in [3.8, 4) is 0 Å². The van der Waals surface area contributed by atoms with E-state index < -0.39 is 0 Å². The predicted octanol–water partition coefficient (Wildman–Crippen LogP) is -6.25. The number of carbonyl (C=O) groups excluding carboxylic acids is 1. The third-order valence-electron chi connectivity index (χ3n) is 1.10. The fraction of sp³-hybridized carbons (Fsp3) is 0.857. The summed E-state index contributed by atoms with van der Waals surface area (Å²) >= 11 is 0. The normalized spacial score (nSPS) is 8.15. The zero-order valence-electron chi connectivity index (χ0n) is 10.8. The smallest absolute Gasteiger partial charge is 1.00 e. The molecule has 0 heterocycles. The van der Waals surface area contributed by atoms with Gasteiger partial charge in [0.25, 0.3) is 0 Å². The average Bonchev–Trinajstić information content (AvgIpc) is 1.99. The first-order chi connectivity index (χ1) is 5.31. The molecular weight excluding hydrogens is 192 g/mol. The summed E-state index contributed by atoms with van der Waals surface area (Å²) in [5.41, 5.74) is 0. The monoisotopic (exact) mass is 209 g/mol. The van der Waals surface area contributed by atoms with Gasteiger partial charge in [0.15, 0.2) is 0 Å². The maximum absolute atomic E-state index is 10.7. The van der Waals surface area contributed by atoms with Crippen molar-refractivity contribution in [1.29, 1.82) is 0 Å². The van der Waals surface area contributed by atoms with Crippen LogP contribution in [-0.4, -0.2) is 37.4 Å². The van der Waals surface area contributed by atoms with Gasteiger partial charge in [-0.3, -0.25) is 4.79 Å². The van der Waals surface area contributed by atoms with E-state index in [0.717, 1.165) is 0 Å². The molecule has 6 heteroatoms. The average molecular weight is 209 g/mol. The Kier molecular flexibility index (Phi) is 24.2. The van der Waals surface area contributed by atoms with Crippen LogP contribution in [0.2, 0.25) is 0 Å². The van der Waals surface area contributed by atoms with Gasteiger partial charge in [0.1, 0.15) is 0 Å². The van der Waals surface area contributed by atoms with E-state index in [1.807, 2.05) is 0 Å². The number of ether oxygens (including phenoxy) is 1. The van der Waals surface area contributed by atoms with Crippen molar-refractivity contribution in [1.82, 2.24) is 5.32 Å². The van der Waals surface area contributed by atoms with Crippen LogP contribution >= 0.6 is 0 Å². The molecule has 13 heavy (non-hydrogen) atoms. The van der Waals surface area contributed by atoms with Crippen molar-refractivity contribution < 1.29 is 76.6 Å². The number of carbonyl (C=O) groups is 1. The van der Waals surface area contributed by atoms with Crippen LogP contribution in [0.5, 0.6) is 0 Å². The Balaban J connectivity index is -0.0000000833. The van der Waals surface area contributed by atoms with E-state index in [9.17, 15) is 4.79 Å². The van der Waals surface area contributed by atoms with Gasteiger partial charge in [-0.1, -0.05) is 0 Å². The minimum absolute atomic E-state index is 0. The van der Waals surface area contributed by atoms with Gasteiger partial charge >= 0.3 is 65.1 Å². The van der Waals surface area contributed by atoms with Crippen LogP contribution in [0.4, 0.5) is 0 Å². The van der Waals surface area contributed by atoms with Gasteiger partial charge in [-0.25, -0.2) is 0 Å². The molecule has 0 saturated heterocycles. The van der Waals surface area contributed by atoms with Crippen LogP contribution in [0.1, 0.15) is 16.2 Å². The zero-order valence-corrected chi connectivity index (χ0v) is 12.8. The van der Waals surface area contributed by atoms with Gasteiger partial charge in [0.05, 0.1) is 19.6 Å². The first-order valence-corrected chi connectivity index (χ1v) is 3.78. The molecular formula is C7H17NNa2O3. The Morgan fingerprint density at radius 1 is 1.46 bits per heavy atom. The molecule has 0 rings (SSSR count). The third kappa shape index (κ3) is 16.1. The van der Waals surface area contributed by atoms with Gasteiger partial charge in [-0.15, -0.1) is 0 Å². The number of aliphatic hydroxyl groups is 1. The predicted molar refractivity (Wildman–Crippen MR) is 43.4 cm³/mol. The second-order valence-electron chi connectivity index (χ2n) is 2.03. The molecule has 0 aliphatic rings. The largest absolute Gasteiger partial charge is 1.00 e. The molecule has 2 N–H and O–H groups in total. The number of nitrogens with one attached hydrogen (secondary N) is 1. The van der Waals surface area contributed by atoms with Gasteiger partial charge in [-0.2, -0.15) is 0 Å². The summed E-state index contributed by atoms with van der Waals surface area (Å²) in [5, 5.41) is 11.2. The summed E-state index contributed by atoms with van der Waals surface area (Å²) in [5.74, 6) is -0.196. The third-order valence-corrected chi connectivity index (χ3v) is 1.10. The summed E-state index contributed by atoms with van der Waals surface area (Å²) in [4.78, 5) is 10.7. The molecule has 0 aromatic carbocycles. The first kappa shape index (κ1) is 19.9. The van der Waals surface area contributed by atoms with Crippen molar-refractivity contribution >= 4 is 5.97 Å². The van der Waals surface area contributed by atoms with E-state index >= 15 is 0 Å². The molecule has 0 atom stereocenters. The molecule has 0 saturated carbocycles. The Morgan fingerprint density at radius 2 is 2.08 bits per heavy atom. The van der Waals surface area contributed by atoms with E-state index in [4.69, 9.17) is 5.11 Å². The molecule has 0 aromatic rings. The summed E-state index contributed by atoms with van der Waals surface area (Å²) in [6, 6.07) is 0. The summed E-state index contributed by atoms with van der Waals surface area (Å²) in [6.07, 6.45) is 0.369. The molecule has 0 amide bonds. The Labute approximate surface area is 126 Å². The van der Waals surface area contributed by atoms with E-state index in [0.29, 0.717) is 26.1 Å². The van der Waals surface area contributed by atoms with Gasteiger partial charge in [0.2, 0.25) is 0 Å². The number of hydrogen-bond acceptors (Lipinski definition) is 4. The van der Waals surface area contributed by atoms with E-state index in [1.54, 1.807) is 6.92 Å². The van der Waals surface area contributed by atoms with E-state index in [2.05, 4.69) is 10.1 Å². The van der Waals surface area contributed by atoms with Crippen LogP contribution < -0.4 is 64.4 Å². The number of hydrogen-bond donors (Lipinski definition) is 2. The molecule has 0 spiro atoms. The standard InChI is InChI=1S/C7H15NO3.2Na.2H/c1-2-11-7(10)3-4-8-5-6-9;;;;/h8-9H,2-6H2,1H3;;;;/q;2*+1;2*-1. The van der Waals surface area contributed by atoms with E-state index in [-0.39, 0.29) is 74.5 Å². The zero-order chi connectivity index (χ0) is 8.53. The Hall–Kier alpha value is 1.39. The van der Waals surface area contributed by atoms with Crippen molar-refractivity contribution in [2.45, 2.75) is 13.3 Å². The van der Waals surface area contributed by atoms with Crippen LogP contribution in [0.3, 0.4) is 0 Å². The SMILES string of the molecule is CCOC(=O)CCNCCO.[H-].[H-].[Na+].[Na+]. The second kappa shape index (κ2) is 15.8. The molecule has 0 bridgehead atoms. The van der Waals surface area contributed by atoms with E-state index in [1.165, 1.54) is 0 Å². The summed E-state index contributed by atoms with van der Waals surface area (Å²) < 4.78 is 4.68. The number of rotatable bonds is 6. The van der Waals surface area contributed by atoms with Gasteiger partial charge < -0.3 is 18.0 Å². The van der Waals surface area contributed by atoms with Gasteiger partial charge in [-0.05, 0) is 6.92 Å². The summed E-state index contributed by atoms with van der Waals surface area (Å²) in [6.45, 7) is 3.40. The van der Waals surface area contributed by atoms with Crippen LogP contribution in [0.15, 0.2) is 0 Å². The molecule has 0 aromatic heterocycles. The van der Waals surface area contributed by atoms with Crippen LogP contribution in [-0.2, 0) is 9.53 Å². The van der Waals surface area contributed by atoms with Gasteiger partial charge in [0, 0.05) is 13.1 Å². The molecule has 4 nitrogen and oxygen atoms in total. The van der Waals surface area contributed by atoms with Crippen molar-refractivity contribution in [2.75, 3.05) is 26.3 Å². The summed E-state index contributed by atoms with van der Waals surface area (Å²) in [7, 11) is 0. The Morgan fingerprint density at radius 3 is 2.54 bits per heavy atom. The minimum atomic E-state index is -0.196. The topological polar surface area (TPSA) is 58.6 Å². The van der Waals surface area contributed by atoms with Crippen molar-refractivity contribution in [3.05, 3.63) is 0 Å². The van der Waals surface area contributed by atoms with Crippen LogP contribution in [0, 0.1) is 0 Å². The van der Waals surface area contributed by atoms with Crippen molar-refractivity contribution in [3.63, 3.8) is 0 Å². The minimum Gasteiger partial charge on any atom is -1.00 e.